The summed E-state index contributed by atoms with van der Waals surface area (Å²) in [7, 11) is 0. The Labute approximate surface area is 29.1 Å². The Kier molecular flexibility index (Phi) is 0.199. The summed E-state index contributed by atoms with van der Waals surface area (Å²) in [6.45, 7) is 0. The number of allylic oxidation sites excluding steroid dienone is 1. The topological polar surface area (TPSA) is 36.1 Å². The van der Waals surface area contributed by atoms with Gasteiger partial charge in [-0.1, -0.05) is 0 Å². The van der Waals surface area contributed by atoms with E-state index in [-0.39, 0.29) is 0 Å². The fraction of sp³-hybridized carbons (Fsp3) is 0. The molecule has 0 unspecified atom stereocenters. The minimum absolute atomic E-state index is 0.435. The molecule has 0 N–H and O–H groups in total. The van der Waals surface area contributed by atoms with Crippen LogP contribution in [-0.4, -0.2) is 5.87 Å². The molecule has 0 saturated heterocycles. The highest BCUT2D eigenvalue weighted by atomic mass is 14.8. The maximum Gasteiger partial charge on any atom is 0.211 e. The minimum atomic E-state index is 0.435. The average molecular weight is 64.0 g/mol. The van der Waals surface area contributed by atoms with Gasteiger partial charge in [-0.25, -0.2) is 0 Å². The van der Waals surface area contributed by atoms with Gasteiger partial charge in [0.05, 0.1) is 0 Å². The lowest BCUT2D eigenvalue weighted by molar-refractivity contribution is 1.48. The molecule has 0 atom stereocenters. The molecule has 0 radical (unpaired) electrons. The van der Waals surface area contributed by atoms with E-state index >= 15 is 0 Å². The number of rotatable bonds is 0. The number of hydrogen-bond donors (Lipinski definition) is 0. The lowest BCUT2D eigenvalue weighted by atomic mass is 10.7. The molecule has 1 rings (SSSR count). The van der Waals surface area contributed by atoms with Crippen molar-refractivity contribution >= 4 is 5.87 Å². The smallest absolute Gasteiger partial charge is 0.190 e. The predicted octanol–water partition coefficient (Wildman–Crippen LogP) is 0.0772. The molecule has 0 spiro atoms. The number of nitriles is 1. The van der Waals surface area contributed by atoms with Crippen LogP contribution in [0.4, 0.5) is 0 Å². The maximum atomic E-state index is 7.76. The summed E-state index contributed by atoms with van der Waals surface area (Å²) in [6, 6.07) is 1.78. The lowest BCUT2D eigenvalue weighted by Crippen LogP contribution is -1.41. The van der Waals surface area contributed by atoms with Gasteiger partial charge in [0.15, 0.2) is 0 Å². The molecule has 1 aliphatic rings. The lowest BCUT2D eigenvalue weighted by Gasteiger charge is -1.41. The maximum absolute atomic E-state index is 7.76. The molecule has 0 saturated carbocycles. The van der Waals surface area contributed by atoms with Crippen molar-refractivity contribution in [2.75, 3.05) is 0 Å². The molecule has 0 aromatic rings. The van der Waals surface area contributed by atoms with Gasteiger partial charge in [-0.2, -0.15) is 10.3 Å². The van der Waals surface area contributed by atoms with E-state index in [1.807, 2.05) is 0 Å². The molecule has 0 fully saturated rings. The van der Waals surface area contributed by atoms with Crippen molar-refractivity contribution in [1.29, 1.82) is 5.26 Å². The fourth-order valence-corrected chi connectivity index (χ4v) is 0.0780. The SMILES string of the molecule is N#CC1=C=N1. The quantitative estimate of drug-likeness (QED) is 0.393. The van der Waals surface area contributed by atoms with Crippen LogP contribution in [0.2, 0.25) is 0 Å². The van der Waals surface area contributed by atoms with E-state index in [1.54, 1.807) is 6.07 Å². The van der Waals surface area contributed by atoms with Crippen molar-refractivity contribution in [3.8, 4) is 6.07 Å². The number of nitrogens with zero attached hydrogens (tertiary/aromatic N) is 2. The van der Waals surface area contributed by atoms with Gasteiger partial charge in [0, 0.05) is 5.87 Å². The van der Waals surface area contributed by atoms with Crippen molar-refractivity contribution in [3.63, 3.8) is 0 Å². The molecule has 0 aliphatic carbocycles. The van der Waals surface area contributed by atoms with E-state index in [9.17, 15) is 0 Å². The highest BCUT2D eigenvalue weighted by Gasteiger charge is 1.94. The average Bonchev–Trinajstić information content (AvgIpc) is 2.12. The van der Waals surface area contributed by atoms with E-state index < -0.39 is 0 Å². The normalized spacial score (nSPS) is 13.0. The van der Waals surface area contributed by atoms with Crippen LogP contribution in [0, 0.1) is 11.3 Å². The zero-order valence-corrected chi connectivity index (χ0v) is 2.39. The molecular formula is C3N2. The molecule has 22 valence electrons. The minimum Gasteiger partial charge on any atom is -0.190 e. The zero-order chi connectivity index (χ0) is 3.70. The number of hydrogen-bond acceptors (Lipinski definition) is 2. The summed E-state index contributed by atoms with van der Waals surface area (Å²) >= 11 is 0. The van der Waals surface area contributed by atoms with Gasteiger partial charge >= 0.3 is 0 Å². The molecule has 0 amide bonds. The first-order valence-electron chi connectivity index (χ1n) is 1.17. The Balaban J connectivity index is 2.69. The molecule has 2 nitrogen and oxygen atoms in total. The second-order valence-electron chi connectivity index (χ2n) is 0.684. The highest BCUT2D eigenvalue weighted by Crippen LogP contribution is 1.94. The Morgan fingerprint density at radius 3 is 2.60 bits per heavy atom. The standard InChI is InChI=1S/C3N2/c4-1-3-2-5-3. The van der Waals surface area contributed by atoms with Gasteiger partial charge in [0.25, 0.3) is 0 Å². The van der Waals surface area contributed by atoms with E-state index in [0.29, 0.717) is 5.70 Å². The second kappa shape index (κ2) is 0.453. The third-order valence-corrected chi connectivity index (χ3v) is 0.330. The van der Waals surface area contributed by atoms with Gasteiger partial charge < -0.3 is 0 Å². The Morgan fingerprint density at radius 2 is 2.60 bits per heavy atom. The van der Waals surface area contributed by atoms with Crippen molar-refractivity contribution in [3.05, 3.63) is 5.70 Å². The zero-order valence-electron chi connectivity index (χ0n) is 2.39. The Bertz CT molecular complexity index is 143. The van der Waals surface area contributed by atoms with Crippen LogP contribution in [0.5, 0.6) is 0 Å². The van der Waals surface area contributed by atoms with Crippen LogP contribution in [0.1, 0.15) is 0 Å². The first kappa shape index (κ1) is 2.19. The molecule has 1 heterocycles. The van der Waals surface area contributed by atoms with E-state index in [0.717, 1.165) is 0 Å². The summed E-state index contributed by atoms with van der Waals surface area (Å²) in [5, 5.41) is 7.76. The summed E-state index contributed by atoms with van der Waals surface area (Å²) in [5.41, 5.74) is 0.435. The van der Waals surface area contributed by atoms with Gasteiger partial charge in [0.2, 0.25) is 5.70 Å². The van der Waals surface area contributed by atoms with Crippen LogP contribution in [0.15, 0.2) is 10.7 Å². The summed E-state index contributed by atoms with van der Waals surface area (Å²) in [6.07, 6.45) is 0. The van der Waals surface area contributed by atoms with Crippen molar-refractivity contribution < 1.29 is 0 Å². The predicted molar refractivity (Wildman–Crippen MR) is 16.6 cm³/mol. The van der Waals surface area contributed by atoms with Gasteiger partial charge in [-0.05, 0) is 0 Å². The van der Waals surface area contributed by atoms with E-state index in [1.165, 1.54) is 0 Å². The Hall–Kier alpha value is -1.06. The molecule has 0 aromatic heterocycles. The molecule has 0 aromatic carbocycles. The highest BCUT2D eigenvalue weighted by molar-refractivity contribution is 5.76. The van der Waals surface area contributed by atoms with E-state index in [2.05, 4.69) is 10.9 Å². The first-order valence-corrected chi connectivity index (χ1v) is 1.17. The number of aliphatic imine (C=N–C) groups is 1. The van der Waals surface area contributed by atoms with Crippen LogP contribution in [0.3, 0.4) is 0 Å². The van der Waals surface area contributed by atoms with Crippen molar-refractivity contribution in [2.24, 2.45) is 4.99 Å². The van der Waals surface area contributed by atoms with Crippen LogP contribution < -0.4 is 0 Å². The first-order chi connectivity index (χ1) is 2.43. The monoisotopic (exact) mass is 64.0 g/mol. The molecule has 1 aliphatic heterocycles. The Morgan fingerprint density at radius 1 is 2.00 bits per heavy atom. The fourth-order valence-electron chi connectivity index (χ4n) is 0.0780. The van der Waals surface area contributed by atoms with Gasteiger partial charge in [0.1, 0.15) is 6.07 Å². The van der Waals surface area contributed by atoms with Crippen molar-refractivity contribution in [2.45, 2.75) is 0 Å². The molecule has 5 heavy (non-hydrogen) atoms. The van der Waals surface area contributed by atoms with Gasteiger partial charge in [-0.15, -0.1) is 0 Å². The molecular weight excluding hydrogens is 64.0 g/mol. The summed E-state index contributed by atoms with van der Waals surface area (Å²) < 4.78 is 0. The van der Waals surface area contributed by atoms with Crippen LogP contribution >= 0.6 is 0 Å². The summed E-state index contributed by atoms with van der Waals surface area (Å²) in [4.78, 5) is 3.33. The summed E-state index contributed by atoms with van der Waals surface area (Å²) in [5.74, 6) is 2.36. The van der Waals surface area contributed by atoms with E-state index in [4.69, 9.17) is 5.26 Å². The molecule has 2 heteroatoms. The van der Waals surface area contributed by atoms with Gasteiger partial charge in [-0.3, -0.25) is 0 Å². The second-order valence-corrected chi connectivity index (χ2v) is 0.684. The third-order valence-electron chi connectivity index (χ3n) is 0.330. The largest absolute Gasteiger partial charge is 0.211 e. The van der Waals surface area contributed by atoms with Crippen molar-refractivity contribution in [1.82, 2.24) is 0 Å². The van der Waals surface area contributed by atoms with Crippen LogP contribution in [0.25, 0.3) is 0 Å². The van der Waals surface area contributed by atoms with Crippen LogP contribution in [-0.2, 0) is 0 Å². The molecule has 0 bridgehead atoms. The third kappa shape index (κ3) is 0.167.